The van der Waals surface area contributed by atoms with Crippen molar-refractivity contribution in [3.63, 3.8) is 0 Å². The van der Waals surface area contributed by atoms with Gasteiger partial charge in [-0.3, -0.25) is 0 Å². The lowest BCUT2D eigenvalue weighted by atomic mass is 9.84. The van der Waals surface area contributed by atoms with Crippen molar-refractivity contribution in [3.8, 4) is 6.07 Å². The highest BCUT2D eigenvalue weighted by Crippen LogP contribution is 2.42. The lowest BCUT2D eigenvalue weighted by molar-refractivity contribution is 0.335. The van der Waals surface area contributed by atoms with Crippen LogP contribution in [0.4, 0.5) is 0 Å². The third kappa shape index (κ3) is 3.70. The molecule has 0 aliphatic heterocycles. The second-order valence-electron chi connectivity index (χ2n) is 5.16. The summed E-state index contributed by atoms with van der Waals surface area (Å²) in [6, 6.07) is 2.34. The average molecular weight is 226 g/mol. The molecule has 1 aliphatic rings. The fraction of sp³-hybridized carbons (Fsp3) is 0.917. The van der Waals surface area contributed by atoms with Crippen LogP contribution in [0.25, 0.3) is 0 Å². The van der Waals surface area contributed by atoms with Gasteiger partial charge in [-0.2, -0.15) is 17.0 Å². The Hall–Kier alpha value is -0.200. The summed E-state index contributed by atoms with van der Waals surface area (Å²) in [6.45, 7) is 6.07. The van der Waals surface area contributed by atoms with Gasteiger partial charge in [0.2, 0.25) is 0 Å². The molecule has 0 aromatic rings. The third-order valence-electron chi connectivity index (χ3n) is 3.37. The van der Waals surface area contributed by atoms with Gasteiger partial charge in [0.05, 0.1) is 11.5 Å². The van der Waals surface area contributed by atoms with Gasteiger partial charge in [-0.05, 0) is 45.9 Å². The van der Waals surface area contributed by atoms with Crippen LogP contribution in [0.3, 0.4) is 0 Å². The van der Waals surface area contributed by atoms with Crippen molar-refractivity contribution in [1.82, 2.24) is 5.32 Å². The molecular formula is C12H22N2S. The molecule has 0 heterocycles. The molecule has 0 unspecified atom stereocenters. The summed E-state index contributed by atoms with van der Waals surface area (Å²) in [4.78, 5) is 0. The summed E-state index contributed by atoms with van der Waals surface area (Å²) in [7, 11) is 0. The van der Waals surface area contributed by atoms with E-state index in [9.17, 15) is 0 Å². The molecule has 0 aromatic carbocycles. The van der Waals surface area contributed by atoms with Crippen molar-refractivity contribution in [2.75, 3.05) is 19.3 Å². The van der Waals surface area contributed by atoms with E-state index in [2.05, 4.69) is 17.6 Å². The summed E-state index contributed by atoms with van der Waals surface area (Å²) in [5.41, 5.74) is -0.181. The Bertz CT molecular complexity index is 233. The fourth-order valence-electron chi connectivity index (χ4n) is 1.80. The molecule has 0 atom stereocenters. The number of thioether (sulfide) groups is 1. The van der Waals surface area contributed by atoms with E-state index in [4.69, 9.17) is 5.26 Å². The molecule has 1 N–H and O–H groups in total. The number of nitriles is 1. The van der Waals surface area contributed by atoms with Crippen LogP contribution in [-0.4, -0.2) is 24.1 Å². The molecular weight excluding hydrogens is 204 g/mol. The van der Waals surface area contributed by atoms with Crippen molar-refractivity contribution in [2.24, 2.45) is 5.41 Å². The van der Waals surface area contributed by atoms with E-state index in [1.165, 1.54) is 19.3 Å². The quantitative estimate of drug-likeness (QED) is 0.707. The monoisotopic (exact) mass is 226 g/mol. The van der Waals surface area contributed by atoms with E-state index >= 15 is 0 Å². The Morgan fingerprint density at radius 1 is 1.47 bits per heavy atom. The van der Waals surface area contributed by atoms with Gasteiger partial charge < -0.3 is 5.32 Å². The molecule has 0 spiro atoms. The molecule has 0 radical (unpaired) electrons. The first-order valence-electron chi connectivity index (χ1n) is 5.71. The van der Waals surface area contributed by atoms with Crippen LogP contribution < -0.4 is 5.32 Å². The minimum Gasteiger partial charge on any atom is -0.315 e. The van der Waals surface area contributed by atoms with Crippen LogP contribution >= 0.6 is 11.8 Å². The lowest BCUT2D eigenvalue weighted by Gasteiger charge is -2.40. The van der Waals surface area contributed by atoms with E-state index in [1.54, 1.807) is 0 Å². The zero-order valence-corrected chi connectivity index (χ0v) is 10.9. The maximum absolute atomic E-state index is 8.87. The SMILES string of the molecule is CSC1(CNCCC(C)(C)C#N)CCC1. The van der Waals surface area contributed by atoms with Gasteiger partial charge in [-0.1, -0.05) is 6.42 Å². The molecule has 0 saturated heterocycles. The molecule has 1 aliphatic carbocycles. The van der Waals surface area contributed by atoms with Crippen molar-refractivity contribution in [1.29, 1.82) is 5.26 Å². The van der Waals surface area contributed by atoms with E-state index in [0.29, 0.717) is 4.75 Å². The van der Waals surface area contributed by atoms with E-state index in [0.717, 1.165) is 19.5 Å². The normalized spacial score (nSPS) is 19.3. The van der Waals surface area contributed by atoms with Crippen molar-refractivity contribution >= 4 is 11.8 Å². The summed E-state index contributed by atoms with van der Waals surface area (Å²) in [5.74, 6) is 0. The maximum Gasteiger partial charge on any atom is 0.0684 e. The van der Waals surface area contributed by atoms with Gasteiger partial charge >= 0.3 is 0 Å². The predicted molar refractivity (Wildman–Crippen MR) is 67.0 cm³/mol. The molecule has 1 rings (SSSR count). The number of rotatable bonds is 6. The van der Waals surface area contributed by atoms with Crippen molar-refractivity contribution in [3.05, 3.63) is 0 Å². The molecule has 2 nitrogen and oxygen atoms in total. The Labute approximate surface area is 97.8 Å². The fourth-order valence-corrected chi connectivity index (χ4v) is 2.74. The number of nitrogens with one attached hydrogen (secondary N) is 1. The van der Waals surface area contributed by atoms with Crippen LogP contribution in [0.2, 0.25) is 0 Å². The lowest BCUT2D eigenvalue weighted by Crippen LogP contribution is -2.43. The molecule has 3 heteroatoms. The van der Waals surface area contributed by atoms with Gasteiger partial charge in [0, 0.05) is 11.3 Å². The first-order valence-corrected chi connectivity index (χ1v) is 6.93. The smallest absolute Gasteiger partial charge is 0.0684 e. The number of hydrogen-bond donors (Lipinski definition) is 1. The van der Waals surface area contributed by atoms with E-state index < -0.39 is 0 Å². The minimum absolute atomic E-state index is 0.181. The Morgan fingerprint density at radius 2 is 2.13 bits per heavy atom. The van der Waals surface area contributed by atoms with Gasteiger partial charge in [0.15, 0.2) is 0 Å². The first kappa shape index (κ1) is 12.9. The second-order valence-corrected chi connectivity index (χ2v) is 6.44. The zero-order chi connectivity index (χ0) is 11.4. The van der Waals surface area contributed by atoms with Gasteiger partial charge in [0.25, 0.3) is 0 Å². The third-order valence-corrected chi connectivity index (χ3v) is 4.79. The number of nitrogens with zero attached hydrogens (tertiary/aromatic N) is 1. The van der Waals surface area contributed by atoms with Crippen LogP contribution in [0.1, 0.15) is 39.5 Å². The number of hydrogen-bond acceptors (Lipinski definition) is 3. The minimum atomic E-state index is -0.181. The molecule has 0 amide bonds. The largest absolute Gasteiger partial charge is 0.315 e. The van der Waals surface area contributed by atoms with Crippen LogP contribution in [0, 0.1) is 16.7 Å². The Balaban J connectivity index is 2.14. The summed E-state index contributed by atoms with van der Waals surface area (Å²) in [5, 5.41) is 12.4. The summed E-state index contributed by atoms with van der Waals surface area (Å²) < 4.78 is 0.511. The Kier molecular flexibility index (Phi) is 4.48. The molecule has 0 bridgehead atoms. The molecule has 1 saturated carbocycles. The van der Waals surface area contributed by atoms with E-state index in [1.807, 2.05) is 25.6 Å². The van der Waals surface area contributed by atoms with Crippen molar-refractivity contribution in [2.45, 2.75) is 44.3 Å². The molecule has 1 fully saturated rings. The first-order chi connectivity index (χ1) is 7.04. The highest BCUT2D eigenvalue weighted by atomic mass is 32.2. The molecule has 15 heavy (non-hydrogen) atoms. The van der Waals surface area contributed by atoms with E-state index in [-0.39, 0.29) is 5.41 Å². The second kappa shape index (κ2) is 5.23. The Morgan fingerprint density at radius 3 is 2.53 bits per heavy atom. The van der Waals surface area contributed by atoms with Crippen molar-refractivity contribution < 1.29 is 0 Å². The van der Waals surface area contributed by atoms with Gasteiger partial charge in [-0.15, -0.1) is 0 Å². The van der Waals surface area contributed by atoms with Crippen LogP contribution in [-0.2, 0) is 0 Å². The topological polar surface area (TPSA) is 35.8 Å². The van der Waals surface area contributed by atoms with Gasteiger partial charge in [0.1, 0.15) is 0 Å². The van der Waals surface area contributed by atoms with Crippen LogP contribution in [0.15, 0.2) is 0 Å². The van der Waals surface area contributed by atoms with Crippen LogP contribution in [0.5, 0.6) is 0 Å². The molecule has 0 aromatic heterocycles. The highest BCUT2D eigenvalue weighted by molar-refractivity contribution is 8.00. The molecule has 86 valence electrons. The van der Waals surface area contributed by atoms with Gasteiger partial charge in [-0.25, -0.2) is 0 Å². The zero-order valence-electron chi connectivity index (χ0n) is 10.1. The summed E-state index contributed by atoms with van der Waals surface area (Å²) >= 11 is 2.00. The summed E-state index contributed by atoms with van der Waals surface area (Å²) in [6.07, 6.45) is 7.23. The average Bonchev–Trinajstić information content (AvgIpc) is 2.16. The highest BCUT2D eigenvalue weighted by Gasteiger charge is 2.35. The maximum atomic E-state index is 8.87. The standard InChI is InChI=1S/C12H22N2S/c1-11(2,9-13)7-8-14-10-12(15-3)5-4-6-12/h14H,4-8,10H2,1-3H3. The predicted octanol–water partition coefficient (Wildman–Crippen LogP) is 2.80.